The molecule has 0 atom stereocenters. The highest BCUT2D eigenvalue weighted by Crippen LogP contribution is 2.28. The summed E-state index contributed by atoms with van der Waals surface area (Å²) in [6, 6.07) is 21.1. The molecule has 1 N–H and O–H groups in total. The third kappa shape index (κ3) is 4.21. The average Bonchev–Trinajstić information content (AvgIpc) is 3.39. The summed E-state index contributed by atoms with van der Waals surface area (Å²) in [4.78, 5) is 14.0. The Balaban J connectivity index is 1.40. The summed E-state index contributed by atoms with van der Waals surface area (Å²) in [5.41, 5.74) is 2.42. The average molecular weight is 393 g/mol. The number of thiophene rings is 1. The van der Waals surface area contributed by atoms with Crippen molar-refractivity contribution in [2.45, 2.75) is 6.61 Å². The van der Waals surface area contributed by atoms with Gasteiger partial charge in [0.25, 0.3) is 5.91 Å². The van der Waals surface area contributed by atoms with Crippen LogP contribution in [0.5, 0.6) is 5.75 Å². The number of aromatic nitrogens is 2. The Hall–Kier alpha value is -3.03. The van der Waals surface area contributed by atoms with Gasteiger partial charge in [0.2, 0.25) is 0 Å². The smallest absolute Gasteiger partial charge is 0.269 e. The zero-order valence-electron chi connectivity index (χ0n) is 14.2. The Kier molecular flexibility index (Phi) is 5.22. The topological polar surface area (TPSA) is 64.1 Å². The van der Waals surface area contributed by atoms with Crippen LogP contribution < -0.4 is 10.1 Å². The van der Waals surface area contributed by atoms with Crippen LogP contribution in [-0.2, 0) is 6.61 Å². The highest BCUT2D eigenvalue weighted by atomic mass is 32.1. The van der Waals surface area contributed by atoms with Crippen molar-refractivity contribution in [1.82, 2.24) is 9.59 Å². The van der Waals surface area contributed by atoms with E-state index in [1.54, 1.807) is 0 Å². The van der Waals surface area contributed by atoms with Crippen molar-refractivity contribution in [3.05, 3.63) is 82.6 Å². The van der Waals surface area contributed by atoms with Gasteiger partial charge in [0.05, 0.1) is 4.88 Å². The number of nitrogens with zero attached hydrogens (tertiary/aromatic N) is 2. The fraction of sp³-hybridized carbons (Fsp3) is 0.0500. The Morgan fingerprint density at radius 3 is 2.56 bits per heavy atom. The van der Waals surface area contributed by atoms with Crippen molar-refractivity contribution in [3.8, 4) is 16.3 Å². The molecule has 1 amide bonds. The quantitative estimate of drug-likeness (QED) is 0.495. The molecule has 2 aromatic heterocycles. The highest BCUT2D eigenvalue weighted by Gasteiger charge is 2.18. The zero-order valence-corrected chi connectivity index (χ0v) is 15.8. The predicted octanol–water partition coefficient (Wildman–Crippen LogP) is 5.10. The molecule has 7 heteroatoms. The van der Waals surface area contributed by atoms with Crippen LogP contribution in [0.4, 0.5) is 5.69 Å². The summed E-state index contributed by atoms with van der Waals surface area (Å²) in [5.74, 6) is 0.530. The highest BCUT2D eigenvalue weighted by molar-refractivity contribution is 7.14. The summed E-state index contributed by atoms with van der Waals surface area (Å²) >= 11 is 2.62. The van der Waals surface area contributed by atoms with E-state index in [1.807, 2.05) is 72.1 Å². The van der Waals surface area contributed by atoms with Crippen molar-refractivity contribution in [2.75, 3.05) is 5.32 Å². The van der Waals surface area contributed by atoms with E-state index in [0.717, 1.165) is 27.7 Å². The lowest BCUT2D eigenvalue weighted by atomic mass is 10.2. The molecule has 0 aliphatic carbocycles. The first-order valence-corrected chi connectivity index (χ1v) is 9.89. The Bertz CT molecular complexity index is 1010. The SMILES string of the molecule is O=C(Nc1ccc(OCc2ccccc2)cc1)c1snnc1-c1cccs1. The number of amides is 1. The minimum Gasteiger partial charge on any atom is -0.489 e. The molecule has 0 bridgehead atoms. The molecule has 4 aromatic rings. The molecule has 0 spiro atoms. The molecule has 0 unspecified atom stereocenters. The molecule has 134 valence electrons. The molecule has 27 heavy (non-hydrogen) atoms. The number of benzene rings is 2. The van der Waals surface area contributed by atoms with E-state index in [0.29, 0.717) is 22.9 Å². The van der Waals surface area contributed by atoms with Gasteiger partial charge in [-0.1, -0.05) is 40.9 Å². The van der Waals surface area contributed by atoms with E-state index in [2.05, 4.69) is 14.9 Å². The maximum Gasteiger partial charge on any atom is 0.269 e. The van der Waals surface area contributed by atoms with E-state index < -0.39 is 0 Å². The van der Waals surface area contributed by atoms with Crippen molar-refractivity contribution >= 4 is 34.5 Å². The van der Waals surface area contributed by atoms with Gasteiger partial charge in [-0.3, -0.25) is 4.79 Å². The Morgan fingerprint density at radius 2 is 1.81 bits per heavy atom. The number of anilines is 1. The monoisotopic (exact) mass is 393 g/mol. The maximum atomic E-state index is 12.6. The first-order chi connectivity index (χ1) is 13.3. The van der Waals surface area contributed by atoms with Gasteiger partial charge in [-0.15, -0.1) is 16.4 Å². The predicted molar refractivity (Wildman–Crippen MR) is 108 cm³/mol. The van der Waals surface area contributed by atoms with Gasteiger partial charge in [-0.05, 0) is 52.8 Å². The van der Waals surface area contributed by atoms with E-state index in [-0.39, 0.29) is 5.91 Å². The van der Waals surface area contributed by atoms with Crippen LogP contribution in [0, 0.1) is 0 Å². The van der Waals surface area contributed by atoms with E-state index in [4.69, 9.17) is 4.74 Å². The number of rotatable bonds is 6. The van der Waals surface area contributed by atoms with E-state index >= 15 is 0 Å². The molecule has 0 fully saturated rings. The third-order valence-corrected chi connectivity index (χ3v) is 5.41. The molecule has 0 saturated carbocycles. The second-order valence-electron chi connectivity index (χ2n) is 5.68. The molecule has 2 aromatic carbocycles. The zero-order chi connectivity index (χ0) is 18.5. The van der Waals surface area contributed by atoms with Gasteiger partial charge in [-0.2, -0.15) is 0 Å². The summed E-state index contributed by atoms with van der Waals surface area (Å²) in [6.45, 7) is 0.503. The number of ether oxygens (including phenoxy) is 1. The molecule has 0 aliphatic rings. The molecule has 2 heterocycles. The second-order valence-corrected chi connectivity index (χ2v) is 7.38. The minimum absolute atomic E-state index is 0.216. The van der Waals surface area contributed by atoms with Gasteiger partial charge in [0.15, 0.2) is 0 Å². The third-order valence-electron chi connectivity index (χ3n) is 3.81. The number of hydrogen-bond donors (Lipinski definition) is 1. The van der Waals surface area contributed by atoms with Crippen molar-refractivity contribution in [2.24, 2.45) is 0 Å². The van der Waals surface area contributed by atoms with Gasteiger partial charge >= 0.3 is 0 Å². The van der Waals surface area contributed by atoms with Gasteiger partial charge < -0.3 is 10.1 Å². The van der Waals surface area contributed by atoms with Crippen LogP contribution in [0.2, 0.25) is 0 Å². The first-order valence-electron chi connectivity index (χ1n) is 8.24. The number of hydrogen-bond acceptors (Lipinski definition) is 6. The molecule has 0 saturated heterocycles. The maximum absolute atomic E-state index is 12.6. The van der Waals surface area contributed by atoms with Crippen molar-refractivity contribution < 1.29 is 9.53 Å². The van der Waals surface area contributed by atoms with E-state index in [1.165, 1.54) is 11.3 Å². The van der Waals surface area contributed by atoms with Crippen LogP contribution >= 0.6 is 22.9 Å². The van der Waals surface area contributed by atoms with Crippen LogP contribution in [0.3, 0.4) is 0 Å². The minimum atomic E-state index is -0.216. The standard InChI is InChI=1S/C20H15N3O2S2/c24-20(19-18(22-23-27-19)17-7-4-12-26-17)21-15-8-10-16(11-9-15)25-13-14-5-2-1-3-6-14/h1-12H,13H2,(H,21,24). The molecular formula is C20H15N3O2S2. The fourth-order valence-corrected chi connectivity index (χ4v) is 3.83. The first kappa shape index (κ1) is 17.4. The normalized spacial score (nSPS) is 10.5. The Morgan fingerprint density at radius 1 is 1.00 bits per heavy atom. The summed E-state index contributed by atoms with van der Waals surface area (Å²) in [5, 5.41) is 8.92. The fourth-order valence-electron chi connectivity index (χ4n) is 2.48. The summed E-state index contributed by atoms with van der Waals surface area (Å²) in [7, 11) is 0. The lowest BCUT2D eigenvalue weighted by Crippen LogP contribution is -2.11. The Labute approximate surface area is 164 Å². The summed E-state index contributed by atoms with van der Waals surface area (Å²) < 4.78 is 9.69. The number of nitrogens with one attached hydrogen (secondary N) is 1. The van der Waals surface area contributed by atoms with Crippen molar-refractivity contribution in [3.63, 3.8) is 0 Å². The van der Waals surface area contributed by atoms with Gasteiger partial charge in [-0.25, -0.2) is 0 Å². The van der Waals surface area contributed by atoms with Gasteiger partial charge in [0.1, 0.15) is 22.9 Å². The molecule has 0 aliphatic heterocycles. The van der Waals surface area contributed by atoms with Crippen LogP contribution in [0.15, 0.2) is 72.1 Å². The van der Waals surface area contributed by atoms with E-state index in [9.17, 15) is 4.79 Å². The van der Waals surface area contributed by atoms with Crippen LogP contribution in [0.25, 0.3) is 10.6 Å². The lowest BCUT2D eigenvalue weighted by molar-refractivity contribution is 0.103. The van der Waals surface area contributed by atoms with Crippen molar-refractivity contribution in [1.29, 1.82) is 0 Å². The van der Waals surface area contributed by atoms with Gasteiger partial charge in [0, 0.05) is 5.69 Å². The van der Waals surface area contributed by atoms with Crippen LogP contribution in [0.1, 0.15) is 15.2 Å². The molecule has 5 nitrogen and oxygen atoms in total. The summed E-state index contributed by atoms with van der Waals surface area (Å²) in [6.07, 6.45) is 0. The van der Waals surface area contributed by atoms with Crippen LogP contribution in [-0.4, -0.2) is 15.5 Å². The molecular weight excluding hydrogens is 378 g/mol. The molecule has 4 rings (SSSR count). The largest absolute Gasteiger partial charge is 0.489 e. The number of carbonyl (C=O) groups is 1. The molecule has 0 radical (unpaired) electrons. The number of carbonyl (C=O) groups excluding carboxylic acids is 1. The second kappa shape index (κ2) is 8.11. The lowest BCUT2D eigenvalue weighted by Gasteiger charge is -2.08.